The lowest BCUT2D eigenvalue weighted by Gasteiger charge is -2.09. The lowest BCUT2D eigenvalue weighted by atomic mass is 10.1. The molecule has 3 aromatic rings. The predicted molar refractivity (Wildman–Crippen MR) is 105 cm³/mol. The van der Waals surface area contributed by atoms with Gasteiger partial charge in [0.05, 0.1) is 7.11 Å². The minimum absolute atomic E-state index is 0.253. The Hall–Kier alpha value is -3.41. The Morgan fingerprint density at radius 3 is 2.52 bits per heavy atom. The van der Waals surface area contributed by atoms with Crippen molar-refractivity contribution in [1.82, 2.24) is 15.3 Å². The van der Waals surface area contributed by atoms with Gasteiger partial charge in [-0.15, -0.1) is 0 Å². The maximum atomic E-state index is 12.4. The first-order valence-corrected chi connectivity index (χ1v) is 8.63. The molecule has 1 heterocycles. The first-order valence-electron chi connectivity index (χ1n) is 8.63. The fourth-order valence-corrected chi connectivity index (χ4v) is 2.51. The second-order valence-corrected chi connectivity index (χ2v) is 6.22. The van der Waals surface area contributed by atoms with Crippen molar-refractivity contribution in [2.45, 2.75) is 20.4 Å². The number of rotatable bonds is 6. The van der Waals surface area contributed by atoms with Gasteiger partial charge in [0.1, 0.15) is 11.4 Å². The summed E-state index contributed by atoms with van der Waals surface area (Å²) in [5.41, 5.74) is 4.56. The molecule has 2 N–H and O–H groups in total. The first-order chi connectivity index (χ1) is 13.0. The number of benzene rings is 2. The van der Waals surface area contributed by atoms with Crippen molar-refractivity contribution in [2.75, 3.05) is 12.4 Å². The zero-order chi connectivity index (χ0) is 19.2. The van der Waals surface area contributed by atoms with Gasteiger partial charge in [0.15, 0.2) is 0 Å². The molecule has 27 heavy (non-hydrogen) atoms. The molecule has 0 spiro atoms. The highest BCUT2D eigenvalue weighted by atomic mass is 16.5. The van der Waals surface area contributed by atoms with E-state index in [4.69, 9.17) is 4.74 Å². The van der Waals surface area contributed by atoms with Gasteiger partial charge in [0.25, 0.3) is 5.91 Å². The van der Waals surface area contributed by atoms with Crippen molar-refractivity contribution in [1.29, 1.82) is 0 Å². The molecule has 0 bridgehead atoms. The SMILES string of the molecule is COc1ccc(CNC(=O)c2ccnc(Nc3ccc(C)c(C)c3)n2)cc1. The van der Waals surface area contributed by atoms with Crippen molar-refractivity contribution in [3.63, 3.8) is 0 Å². The highest BCUT2D eigenvalue weighted by Gasteiger charge is 2.09. The molecule has 6 nitrogen and oxygen atoms in total. The molecule has 0 saturated heterocycles. The molecule has 0 fully saturated rings. The van der Waals surface area contributed by atoms with E-state index < -0.39 is 0 Å². The largest absolute Gasteiger partial charge is 0.497 e. The number of methoxy groups -OCH3 is 1. The third-order valence-corrected chi connectivity index (χ3v) is 4.26. The maximum Gasteiger partial charge on any atom is 0.270 e. The van der Waals surface area contributed by atoms with Gasteiger partial charge in [-0.05, 0) is 60.9 Å². The molecule has 0 aliphatic rings. The molecule has 2 aromatic carbocycles. The van der Waals surface area contributed by atoms with Crippen LogP contribution in [0.25, 0.3) is 0 Å². The molecule has 138 valence electrons. The minimum Gasteiger partial charge on any atom is -0.497 e. The Balaban J connectivity index is 1.64. The van der Waals surface area contributed by atoms with E-state index in [1.807, 2.05) is 49.4 Å². The summed E-state index contributed by atoms with van der Waals surface area (Å²) in [5.74, 6) is 0.912. The molecule has 3 rings (SSSR count). The van der Waals surface area contributed by atoms with Crippen molar-refractivity contribution in [3.8, 4) is 5.75 Å². The summed E-state index contributed by atoms with van der Waals surface area (Å²) in [6.07, 6.45) is 1.57. The van der Waals surface area contributed by atoms with Gasteiger partial charge in [-0.2, -0.15) is 0 Å². The van der Waals surface area contributed by atoms with Crippen LogP contribution in [0.2, 0.25) is 0 Å². The lowest BCUT2D eigenvalue weighted by molar-refractivity contribution is 0.0946. The summed E-state index contributed by atoms with van der Waals surface area (Å²) >= 11 is 0. The summed E-state index contributed by atoms with van der Waals surface area (Å²) < 4.78 is 5.13. The van der Waals surface area contributed by atoms with E-state index in [0.717, 1.165) is 17.0 Å². The second-order valence-electron chi connectivity index (χ2n) is 6.22. The second kappa shape index (κ2) is 8.31. The van der Waals surface area contributed by atoms with Crippen LogP contribution in [-0.2, 0) is 6.54 Å². The number of carbonyl (C=O) groups is 1. The zero-order valence-corrected chi connectivity index (χ0v) is 15.6. The molecule has 1 aromatic heterocycles. The number of aromatic nitrogens is 2. The third kappa shape index (κ3) is 4.82. The predicted octanol–water partition coefficient (Wildman–Crippen LogP) is 3.78. The molecule has 0 aliphatic heterocycles. The monoisotopic (exact) mass is 362 g/mol. The number of aryl methyl sites for hydroxylation is 2. The smallest absolute Gasteiger partial charge is 0.270 e. The van der Waals surface area contributed by atoms with Crippen LogP contribution < -0.4 is 15.4 Å². The number of anilines is 2. The fourth-order valence-electron chi connectivity index (χ4n) is 2.51. The van der Waals surface area contributed by atoms with Gasteiger partial charge in [0, 0.05) is 18.4 Å². The average molecular weight is 362 g/mol. The van der Waals surface area contributed by atoms with Crippen LogP contribution in [0.15, 0.2) is 54.7 Å². The van der Waals surface area contributed by atoms with Gasteiger partial charge in [-0.3, -0.25) is 4.79 Å². The van der Waals surface area contributed by atoms with E-state index >= 15 is 0 Å². The van der Waals surface area contributed by atoms with Crippen molar-refractivity contribution in [2.24, 2.45) is 0 Å². The van der Waals surface area contributed by atoms with Crippen molar-refractivity contribution >= 4 is 17.5 Å². The molecule has 0 aliphatic carbocycles. The minimum atomic E-state index is -0.253. The van der Waals surface area contributed by atoms with Crippen LogP contribution in [0.3, 0.4) is 0 Å². The number of hydrogen-bond donors (Lipinski definition) is 2. The normalized spacial score (nSPS) is 10.3. The van der Waals surface area contributed by atoms with Crippen molar-refractivity contribution < 1.29 is 9.53 Å². The average Bonchev–Trinajstić information content (AvgIpc) is 2.69. The van der Waals surface area contributed by atoms with Gasteiger partial charge in [-0.1, -0.05) is 18.2 Å². The van der Waals surface area contributed by atoms with Crippen molar-refractivity contribution in [3.05, 3.63) is 77.1 Å². The summed E-state index contributed by atoms with van der Waals surface area (Å²) in [6, 6.07) is 15.1. The van der Waals surface area contributed by atoms with Crippen LogP contribution in [0, 0.1) is 13.8 Å². The van der Waals surface area contributed by atoms with Crippen LogP contribution in [0.5, 0.6) is 5.75 Å². The van der Waals surface area contributed by atoms with E-state index in [9.17, 15) is 4.79 Å². The summed E-state index contributed by atoms with van der Waals surface area (Å²) in [4.78, 5) is 20.9. The number of ether oxygens (including phenoxy) is 1. The fraction of sp³-hybridized carbons (Fsp3) is 0.190. The van der Waals surface area contributed by atoms with Gasteiger partial charge >= 0.3 is 0 Å². The zero-order valence-electron chi connectivity index (χ0n) is 15.6. The maximum absolute atomic E-state index is 12.4. The summed E-state index contributed by atoms with van der Waals surface area (Å²) in [5, 5.41) is 6.00. The van der Waals surface area contributed by atoms with E-state index in [-0.39, 0.29) is 5.91 Å². The van der Waals surface area contributed by atoms with E-state index in [1.54, 1.807) is 19.4 Å². The number of amides is 1. The highest BCUT2D eigenvalue weighted by molar-refractivity contribution is 5.92. The Kier molecular flexibility index (Phi) is 5.66. The quantitative estimate of drug-likeness (QED) is 0.698. The third-order valence-electron chi connectivity index (χ3n) is 4.26. The molecule has 1 amide bonds. The Morgan fingerprint density at radius 2 is 1.81 bits per heavy atom. The standard InChI is InChI=1S/C21H22N4O2/c1-14-4-7-17(12-15(14)2)24-21-22-11-10-19(25-21)20(26)23-13-16-5-8-18(27-3)9-6-16/h4-12H,13H2,1-3H3,(H,23,26)(H,22,24,25). The molecule has 0 saturated carbocycles. The first kappa shape index (κ1) is 18.4. The van der Waals surface area contributed by atoms with Gasteiger partial charge in [0.2, 0.25) is 5.95 Å². The molecular weight excluding hydrogens is 340 g/mol. The molecule has 0 radical (unpaired) electrons. The molecule has 0 unspecified atom stereocenters. The topological polar surface area (TPSA) is 76.1 Å². The van der Waals surface area contributed by atoms with E-state index in [0.29, 0.717) is 18.2 Å². The van der Waals surface area contributed by atoms with Crippen LogP contribution in [-0.4, -0.2) is 23.0 Å². The van der Waals surface area contributed by atoms with Gasteiger partial charge < -0.3 is 15.4 Å². The van der Waals surface area contributed by atoms with E-state index in [1.165, 1.54) is 11.1 Å². The van der Waals surface area contributed by atoms with E-state index in [2.05, 4.69) is 27.5 Å². The highest BCUT2D eigenvalue weighted by Crippen LogP contribution is 2.17. The number of nitrogens with one attached hydrogen (secondary N) is 2. The van der Waals surface area contributed by atoms with Gasteiger partial charge in [-0.25, -0.2) is 9.97 Å². The Labute approximate surface area is 158 Å². The molecule has 0 atom stereocenters. The van der Waals surface area contributed by atoms with Crippen LogP contribution >= 0.6 is 0 Å². The molecule has 6 heteroatoms. The molecular formula is C21H22N4O2. The van der Waals surface area contributed by atoms with Crippen LogP contribution in [0.1, 0.15) is 27.2 Å². The number of nitrogens with zero attached hydrogens (tertiary/aromatic N) is 2. The number of carbonyl (C=O) groups excluding carboxylic acids is 1. The lowest BCUT2D eigenvalue weighted by Crippen LogP contribution is -2.24. The Morgan fingerprint density at radius 1 is 1.04 bits per heavy atom. The Bertz CT molecular complexity index is 939. The van der Waals surface area contributed by atoms with Crippen LogP contribution in [0.4, 0.5) is 11.6 Å². The number of hydrogen-bond acceptors (Lipinski definition) is 5. The summed E-state index contributed by atoms with van der Waals surface area (Å²) in [6.45, 7) is 4.51. The summed E-state index contributed by atoms with van der Waals surface area (Å²) in [7, 11) is 1.62.